The smallest absolute Gasteiger partial charge is 0.190 e. The zero-order valence-corrected chi connectivity index (χ0v) is 11.6. The monoisotopic (exact) mass is 258 g/mol. The number of thioether (sulfide) groups is 1. The van der Waals surface area contributed by atoms with Crippen LogP contribution in [-0.4, -0.2) is 5.12 Å². The number of hydrogen-bond donors (Lipinski definition) is 0. The minimum Gasteiger partial charge on any atom is -0.287 e. The summed E-state index contributed by atoms with van der Waals surface area (Å²) in [6.07, 6.45) is 11.8. The molecule has 1 aromatic rings. The van der Waals surface area contributed by atoms with Crippen molar-refractivity contribution >= 4 is 16.9 Å². The van der Waals surface area contributed by atoms with Crippen molar-refractivity contribution in [2.24, 2.45) is 0 Å². The maximum absolute atomic E-state index is 11.4. The Hall–Kier alpha value is -1.20. The highest BCUT2D eigenvalue weighted by Gasteiger charge is 2.19. The molecule has 2 rings (SSSR count). The molecule has 1 saturated carbocycles. The Kier molecular flexibility index (Phi) is 4.49. The Morgan fingerprint density at radius 3 is 2.67 bits per heavy atom. The van der Waals surface area contributed by atoms with E-state index in [9.17, 15) is 4.79 Å². The van der Waals surface area contributed by atoms with Gasteiger partial charge in [0, 0.05) is 17.4 Å². The lowest BCUT2D eigenvalue weighted by Crippen LogP contribution is -2.06. The highest BCUT2D eigenvalue weighted by atomic mass is 32.2. The third kappa shape index (κ3) is 3.17. The van der Waals surface area contributed by atoms with Gasteiger partial charge < -0.3 is 0 Å². The van der Waals surface area contributed by atoms with Gasteiger partial charge >= 0.3 is 0 Å². The standard InChI is InChI=1S/C16H18OS/c1-3-13-9-10-15(14-7-5-4-6-8-14)16(11-13)18-12(2)17/h1,9-11,14H,4-8H2,2H3. The third-order valence-electron chi connectivity index (χ3n) is 3.48. The van der Waals surface area contributed by atoms with Crippen molar-refractivity contribution in [2.75, 3.05) is 0 Å². The first-order valence-electron chi connectivity index (χ1n) is 6.49. The molecule has 0 bridgehead atoms. The first kappa shape index (κ1) is 13.2. The van der Waals surface area contributed by atoms with Crippen molar-refractivity contribution in [2.45, 2.75) is 49.8 Å². The van der Waals surface area contributed by atoms with Gasteiger partial charge in [0.15, 0.2) is 5.12 Å². The van der Waals surface area contributed by atoms with E-state index in [1.165, 1.54) is 49.4 Å². The molecule has 0 amide bonds. The van der Waals surface area contributed by atoms with Crippen LogP contribution in [0.4, 0.5) is 0 Å². The zero-order valence-electron chi connectivity index (χ0n) is 10.7. The van der Waals surface area contributed by atoms with Gasteiger partial charge in [-0.2, -0.15) is 0 Å². The fourth-order valence-corrected chi connectivity index (χ4v) is 3.47. The van der Waals surface area contributed by atoms with E-state index in [2.05, 4.69) is 12.0 Å². The summed E-state index contributed by atoms with van der Waals surface area (Å²) in [5, 5.41) is 0.126. The molecular formula is C16H18OS. The second-order valence-corrected chi connectivity index (χ2v) is 6.04. The Labute approximate surface area is 113 Å². The molecule has 1 aliphatic carbocycles. The molecule has 1 aromatic carbocycles. The Morgan fingerprint density at radius 2 is 2.06 bits per heavy atom. The topological polar surface area (TPSA) is 17.1 Å². The third-order valence-corrected chi connectivity index (χ3v) is 4.34. The molecule has 1 aliphatic rings. The van der Waals surface area contributed by atoms with E-state index >= 15 is 0 Å². The van der Waals surface area contributed by atoms with E-state index in [-0.39, 0.29) is 5.12 Å². The summed E-state index contributed by atoms with van der Waals surface area (Å²) in [4.78, 5) is 12.4. The molecule has 0 aliphatic heterocycles. The van der Waals surface area contributed by atoms with Crippen LogP contribution in [0.2, 0.25) is 0 Å². The van der Waals surface area contributed by atoms with Crippen LogP contribution in [0.5, 0.6) is 0 Å². The first-order valence-corrected chi connectivity index (χ1v) is 7.31. The Bertz CT molecular complexity index is 478. The van der Waals surface area contributed by atoms with Gasteiger partial charge in [0.05, 0.1) is 0 Å². The fourth-order valence-electron chi connectivity index (χ4n) is 2.62. The average Bonchev–Trinajstić information content (AvgIpc) is 2.39. The average molecular weight is 258 g/mol. The molecule has 0 aromatic heterocycles. The molecule has 94 valence electrons. The molecule has 0 saturated heterocycles. The maximum atomic E-state index is 11.4. The van der Waals surface area contributed by atoms with Crippen LogP contribution in [0.25, 0.3) is 0 Å². The second-order valence-electron chi connectivity index (χ2n) is 4.83. The molecule has 0 heterocycles. The summed E-state index contributed by atoms with van der Waals surface area (Å²) in [5.74, 6) is 3.25. The lowest BCUT2D eigenvalue weighted by molar-refractivity contribution is -0.109. The number of hydrogen-bond acceptors (Lipinski definition) is 2. The predicted octanol–water partition coefficient (Wildman–Crippen LogP) is 4.35. The fraction of sp³-hybridized carbons (Fsp3) is 0.438. The molecule has 0 unspecified atom stereocenters. The number of benzene rings is 1. The summed E-state index contributed by atoms with van der Waals surface area (Å²) < 4.78 is 0. The Balaban J connectivity index is 2.32. The van der Waals surface area contributed by atoms with Crippen LogP contribution in [0.3, 0.4) is 0 Å². The number of carbonyl (C=O) groups excluding carboxylic acids is 1. The summed E-state index contributed by atoms with van der Waals surface area (Å²) >= 11 is 1.31. The van der Waals surface area contributed by atoms with Crippen LogP contribution in [0, 0.1) is 12.3 Å². The SMILES string of the molecule is C#Cc1ccc(C2CCCCC2)c(SC(C)=O)c1. The van der Waals surface area contributed by atoms with Crippen molar-refractivity contribution in [3.8, 4) is 12.3 Å². The summed E-state index contributed by atoms with van der Waals surface area (Å²) in [5.41, 5.74) is 2.17. The highest BCUT2D eigenvalue weighted by molar-refractivity contribution is 8.13. The predicted molar refractivity (Wildman–Crippen MR) is 76.7 cm³/mol. The van der Waals surface area contributed by atoms with Crippen LogP contribution >= 0.6 is 11.8 Å². The van der Waals surface area contributed by atoms with Crippen molar-refractivity contribution in [1.82, 2.24) is 0 Å². The molecule has 0 N–H and O–H groups in total. The van der Waals surface area contributed by atoms with E-state index < -0.39 is 0 Å². The molecular weight excluding hydrogens is 240 g/mol. The molecule has 18 heavy (non-hydrogen) atoms. The minimum absolute atomic E-state index is 0.126. The molecule has 0 radical (unpaired) electrons. The maximum Gasteiger partial charge on any atom is 0.190 e. The summed E-state index contributed by atoms with van der Waals surface area (Å²) in [6, 6.07) is 6.10. The Morgan fingerprint density at radius 1 is 1.33 bits per heavy atom. The van der Waals surface area contributed by atoms with Crippen LogP contribution in [-0.2, 0) is 4.79 Å². The summed E-state index contributed by atoms with van der Waals surface area (Å²) in [6.45, 7) is 1.61. The van der Waals surface area contributed by atoms with Gasteiger partial charge in [-0.1, -0.05) is 43.0 Å². The summed E-state index contributed by atoms with van der Waals surface area (Å²) in [7, 11) is 0. The van der Waals surface area contributed by atoms with Crippen LogP contribution < -0.4 is 0 Å². The van der Waals surface area contributed by atoms with Gasteiger partial charge in [-0.05, 0) is 36.5 Å². The second kappa shape index (κ2) is 6.11. The lowest BCUT2D eigenvalue weighted by Gasteiger charge is -2.24. The van der Waals surface area contributed by atoms with Gasteiger partial charge in [-0.15, -0.1) is 6.42 Å². The number of terminal acetylenes is 1. The normalized spacial score (nSPS) is 16.2. The largest absolute Gasteiger partial charge is 0.287 e. The van der Waals surface area contributed by atoms with E-state index in [1.807, 2.05) is 12.1 Å². The van der Waals surface area contributed by atoms with E-state index in [0.717, 1.165) is 10.5 Å². The highest BCUT2D eigenvalue weighted by Crippen LogP contribution is 2.38. The van der Waals surface area contributed by atoms with Crippen molar-refractivity contribution in [3.05, 3.63) is 29.3 Å². The minimum atomic E-state index is 0.126. The number of carbonyl (C=O) groups is 1. The first-order chi connectivity index (χ1) is 8.70. The van der Waals surface area contributed by atoms with Gasteiger partial charge in [0.2, 0.25) is 0 Å². The van der Waals surface area contributed by atoms with Crippen molar-refractivity contribution < 1.29 is 4.79 Å². The lowest BCUT2D eigenvalue weighted by atomic mass is 9.84. The van der Waals surface area contributed by atoms with Gasteiger partial charge in [-0.3, -0.25) is 4.79 Å². The van der Waals surface area contributed by atoms with Gasteiger partial charge in [-0.25, -0.2) is 0 Å². The zero-order chi connectivity index (χ0) is 13.0. The van der Waals surface area contributed by atoms with Gasteiger partial charge in [0.1, 0.15) is 0 Å². The van der Waals surface area contributed by atoms with Gasteiger partial charge in [0.25, 0.3) is 0 Å². The number of rotatable bonds is 2. The van der Waals surface area contributed by atoms with Crippen molar-refractivity contribution in [3.63, 3.8) is 0 Å². The van der Waals surface area contributed by atoms with Crippen LogP contribution in [0.15, 0.2) is 23.1 Å². The molecule has 0 spiro atoms. The van der Waals surface area contributed by atoms with Crippen molar-refractivity contribution in [1.29, 1.82) is 0 Å². The molecule has 1 nitrogen and oxygen atoms in total. The molecule has 0 atom stereocenters. The molecule has 1 fully saturated rings. The van der Waals surface area contributed by atoms with Crippen LogP contribution in [0.1, 0.15) is 56.1 Å². The van der Waals surface area contributed by atoms with E-state index in [4.69, 9.17) is 6.42 Å². The quantitative estimate of drug-likeness (QED) is 0.579. The van der Waals surface area contributed by atoms with E-state index in [0.29, 0.717) is 5.92 Å². The van der Waals surface area contributed by atoms with E-state index in [1.54, 1.807) is 6.92 Å². The molecule has 2 heteroatoms.